The van der Waals surface area contributed by atoms with Gasteiger partial charge in [0.25, 0.3) is 0 Å². The summed E-state index contributed by atoms with van der Waals surface area (Å²) < 4.78 is 0. The summed E-state index contributed by atoms with van der Waals surface area (Å²) in [5.41, 5.74) is 12.1. The highest BCUT2D eigenvalue weighted by Gasteiger charge is 2.12. The zero-order valence-electron chi connectivity index (χ0n) is 34.5. The molecule has 0 aliphatic rings. The molecule has 0 fully saturated rings. The molecule has 0 spiro atoms. The standard InChI is InChI=1S/C13H16N4.C9H11NO.C6H10ClNO.C5H10.C2H4O.3C2H6/c1-9-4-6-11(7-5-9)17(3)12-10(2)15-8-16-13(12)14;1-8-3-5-9(6-4-8)10(2)7-11;1-8(2)5-3-4-6(7)9;1-3-5-4-2;1-2-3;3*1-2/h4-8H,1-3H3,(H2,14,15,16);3-7H,1-2H3;3-4H,5H2,1-2H3;3,5H,4H2,1-2H3;2H,1H3;3*1-2H3/b;;4-3+;5-3+;;;;. The predicted octanol–water partition coefficient (Wildman–Crippen LogP) is 10.2. The molecule has 288 valence electrons. The normalized spacial score (nSPS) is 8.98. The van der Waals surface area contributed by atoms with Gasteiger partial charge in [0.15, 0.2) is 5.82 Å². The molecule has 1 aromatic heterocycles. The molecule has 3 rings (SSSR count). The van der Waals surface area contributed by atoms with Gasteiger partial charge in [-0.1, -0.05) is 102 Å². The van der Waals surface area contributed by atoms with Crippen LogP contribution in [0.2, 0.25) is 0 Å². The zero-order valence-corrected chi connectivity index (χ0v) is 35.2. The van der Waals surface area contributed by atoms with Crippen LogP contribution in [0.1, 0.15) is 85.6 Å². The molecule has 51 heavy (non-hydrogen) atoms. The molecule has 0 unspecified atom stereocenters. The van der Waals surface area contributed by atoms with Gasteiger partial charge in [0.2, 0.25) is 11.7 Å². The van der Waals surface area contributed by atoms with Gasteiger partial charge >= 0.3 is 0 Å². The summed E-state index contributed by atoms with van der Waals surface area (Å²) in [6.45, 7) is 24.4. The number of hydrogen-bond donors (Lipinski definition) is 1. The summed E-state index contributed by atoms with van der Waals surface area (Å²) in [7, 11) is 7.54. The van der Waals surface area contributed by atoms with E-state index in [0.29, 0.717) is 5.82 Å². The van der Waals surface area contributed by atoms with E-state index in [1.807, 2.05) is 118 Å². The number of hydrogen-bond acceptors (Lipinski definition) is 8. The lowest BCUT2D eigenvalue weighted by Gasteiger charge is -2.22. The highest BCUT2D eigenvalue weighted by atomic mass is 35.5. The fourth-order valence-corrected chi connectivity index (χ4v) is 3.32. The fourth-order valence-electron chi connectivity index (χ4n) is 3.23. The first-order chi connectivity index (χ1) is 24.3. The number of nitrogens with two attached hydrogens (primary N) is 1. The van der Waals surface area contributed by atoms with E-state index < -0.39 is 5.24 Å². The number of halogens is 1. The first-order valence-corrected chi connectivity index (χ1v) is 17.8. The van der Waals surface area contributed by atoms with Crippen LogP contribution in [0.3, 0.4) is 0 Å². The molecular formula is C41H69ClN6O3. The Labute approximate surface area is 316 Å². The van der Waals surface area contributed by atoms with Crippen LogP contribution in [-0.2, 0) is 14.4 Å². The molecule has 0 atom stereocenters. The number of amides is 1. The Balaban J connectivity index is -0.000000182. The third-order valence-corrected chi connectivity index (χ3v) is 5.71. The van der Waals surface area contributed by atoms with Gasteiger partial charge in [-0.25, -0.2) is 9.97 Å². The Kier molecular flexibility index (Phi) is 44.1. The number of aromatic nitrogens is 2. The van der Waals surface area contributed by atoms with Crippen molar-refractivity contribution in [3.8, 4) is 0 Å². The fraction of sp³-hybridized carbons (Fsp3) is 0.439. The minimum atomic E-state index is -0.420. The number of aryl methyl sites for hydroxylation is 3. The van der Waals surface area contributed by atoms with Crippen molar-refractivity contribution in [2.24, 2.45) is 0 Å². The second-order valence-corrected chi connectivity index (χ2v) is 10.2. The average molecular weight is 729 g/mol. The van der Waals surface area contributed by atoms with Gasteiger partial charge in [0, 0.05) is 32.0 Å². The molecule has 1 heterocycles. The third kappa shape index (κ3) is 32.6. The van der Waals surface area contributed by atoms with Crippen molar-refractivity contribution in [3.63, 3.8) is 0 Å². The monoisotopic (exact) mass is 729 g/mol. The lowest BCUT2D eigenvalue weighted by atomic mass is 10.2. The average Bonchev–Trinajstić information content (AvgIpc) is 3.12. The minimum absolute atomic E-state index is 0.420. The van der Waals surface area contributed by atoms with Gasteiger partial charge in [-0.2, -0.15) is 0 Å². The lowest BCUT2D eigenvalue weighted by molar-refractivity contribution is -0.108. The Bertz CT molecular complexity index is 1280. The molecule has 0 aliphatic heterocycles. The van der Waals surface area contributed by atoms with Gasteiger partial charge in [0.1, 0.15) is 18.3 Å². The number of benzene rings is 2. The number of nitrogens with zero attached hydrogens (tertiary/aromatic N) is 5. The van der Waals surface area contributed by atoms with Crippen molar-refractivity contribution in [1.29, 1.82) is 0 Å². The number of rotatable bonds is 8. The summed E-state index contributed by atoms with van der Waals surface area (Å²) in [5, 5.41) is -0.420. The van der Waals surface area contributed by atoms with Crippen LogP contribution in [-0.4, -0.2) is 67.5 Å². The molecule has 2 N–H and O–H groups in total. The SMILES string of the molecule is C/C=C/CC.CC.CC.CC.CC=O.CN(C)C/C=C/C(=O)Cl.Cc1ccc(N(C)C=O)cc1.Cc1ccc(N(C)c2c(C)ncnc2N)cc1. The second kappa shape index (κ2) is 40.1. The molecule has 9 nitrogen and oxygen atoms in total. The number of nitrogen functional groups attached to an aromatic ring is 1. The molecule has 1 amide bonds. The molecule has 0 saturated carbocycles. The van der Waals surface area contributed by atoms with E-state index in [1.54, 1.807) is 18.0 Å². The van der Waals surface area contributed by atoms with Gasteiger partial charge in [-0.05, 0) is 97.1 Å². The van der Waals surface area contributed by atoms with E-state index in [4.69, 9.17) is 22.1 Å². The molecule has 0 radical (unpaired) electrons. The van der Waals surface area contributed by atoms with Crippen molar-refractivity contribution in [2.45, 2.75) is 89.5 Å². The topological polar surface area (TPSA) is 113 Å². The first-order valence-electron chi connectivity index (χ1n) is 17.4. The molecule has 0 bridgehead atoms. The summed E-state index contributed by atoms with van der Waals surface area (Å²) in [5.74, 6) is 0.501. The molecule has 3 aromatic rings. The van der Waals surface area contributed by atoms with Crippen LogP contribution >= 0.6 is 11.6 Å². The Hall–Kier alpha value is -4.34. The number of allylic oxidation sites excluding steroid dienone is 3. The van der Waals surface area contributed by atoms with E-state index >= 15 is 0 Å². The van der Waals surface area contributed by atoms with E-state index in [1.165, 1.54) is 30.5 Å². The Morgan fingerprint density at radius 3 is 1.51 bits per heavy atom. The van der Waals surface area contributed by atoms with Crippen LogP contribution in [0.4, 0.5) is 22.9 Å². The maximum atomic E-state index is 10.3. The van der Waals surface area contributed by atoms with Gasteiger partial charge < -0.3 is 25.2 Å². The quantitative estimate of drug-likeness (QED) is 0.106. The number of carbonyl (C=O) groups is 3. The van der Waals surface area contributed by atoms with E-state index in [2.05, 4.69) is 60.2 Å². The van der Waals surface area contributed by atoms with Crippen molar-refractivity contribution >= 4 is 52.4 Å². The predicted molar refractivity (Wildman–Crippen MR) is 226 cm³/mol. The smallest absolute Gasteiger partial charge is 0.244 e. The van der Waals surface area contributed by atoms with Crippen LogP contribution < -0.4 is 15.5 Å². The first kappa shape index (κ1) is 56.1. The van der Waals surface area contributed by atoms with Crippen molar-refractivity contribution in [1.82, 2.24) is 14.9 Å². The molecule has 2 aromatic carbocycles. The number of aldehydes is 1. The van der Waals surface area contributed by atoms with Crippen LogP contribution in [0.5, 0.6) is 0 Å². The van der Waals surface area contributed by atoms with Crippen LogP contribution in [0.15, 0.2) is 79.2 Å². The van der Waals surface area contributed by atoms with E-state index in [0.717, 1.165) is 48.4 Å². The molecular weight excluding hydrogens is 660 g/mol. The van der Waals surface area contributed by atoms with E-state index in [9.17, 15) is 9.59 Å². The van der Waals surface area contributed by atoms with Gasteiger partial charge in [-0.15, -0.1) is 0 Å². The summed E-state index contributed by atoms with van der Waals surface area (Å²) in [4.78, 5) is 42.9. The third-order valence-electron chi connectivity index (χ3n) is 5.58. The molecule has 0 aliphatic carbocycles. The van der Waals surface area contributed by atoms with Crippen molar-refractivity contribution in [3.05, 3.63) is 96.0 Å². The van der Waals surface area contributed by atoms with Crippen LogP contribution in [0, 0.1) is 20.8 Å². The highest BCUT2D eigenvalue weighted by molar-refractivity contribution is 6.66. The Morgan fingerprint density at radius 1 is 0.765 bits per heavy atom. The second-order valence-electron chi connectivity index (χ2n) is 9.82. The van der Waals surface area contributed by atoms with Gasteiger partial charge in [0.05, 0.1) is 5.69 Å². The maximum Gasteiger partial charge on any atom is 0.244 e. The lowest BCUT2D eigenvalue weighted by Crippen LogP contribution is -2.14. The zero-order chi connectivity index (χ0) is 40.8. The molecule has 0 saturated heterocycles. The summed E-state index contributed by atoms with van der Waals surface area (Å²) >= 11 is 5.02. The summed E-state index contributed by atoms with van der Waals surface area (Å²) in [6.07, 6.45) is 11.4. The van der Waals surface area contributed by atoms with Crippen molar-refractivity contribution in [2.75, 3.05) is 50.3 Å². The van der Waals surface area contributed by atoms with E-state index in [-0.39, 0.29) is 0 Å². The summed E-state index contributed by atoms with van der Waals surface area (Å²) in [6, 6.07) is 16.1. The minimum Gasteiger partial charge on any atom is -0.382 e. The number of anilines is 4. The largest absolute Gasteiger partial charge is 0.382 e. The highest BCUT2D eigenvalue weighted by Crippen LogP contribution is 2.29. The maximum absolute atomic E-state index is 10.3. The van der Waals surface area contributed by atoms with Gasteiger partial charge in [-0.3, -0.25) is 9.59 Å². The number of likely N-dealkylation sites (N-methyl/N-ethyl adjacent to an activating group) is 1. The molecule has 10 heteroatoms. The van der Waals surface area contributed by atoms with Crippen molar-refractivity contribution < 1.29 is 14.4 Å². The number of carbonyl (C=O) groups excluding carboxylic acids is 3. The van der Waals surface area contributed by atoms with Crippen LogP contribution in [0.25, 0.3) is 0 Å². The Morgan fingerprint density at radius 2 is 1.20 bits per heavy atom.